The van der Waals surface area contributed by atoms with Crippen LogP contribution in [-0.4, -0.2) is 60.3 Å². The van der Waals surface area contributed by atoms with E-state index in [9.17, 15) is 4.79 Å². The number of anilines is 1. The zero-order valence-corrected chi connectivity index (χ0v) is 13.3. The molecule has 2 aliphatic rings. The van der Waals surface area contributed by atoms with Crippen LogP contribution in [0.15, 0.2) is 18.2 Å². The molecule has 22 heavy (non-hydrogen) atoms. The summed E-state index contributed by atoms with van der Waals surface area (Å²) in [6.45, 7) is 8.23. The fourth-order valence-corrected chi connectivity index (χ4v) is 3.45. The number of carboxylic acid groups (broad SMARTS) is 1. The molecule has 1 N–H and O–H groups in total. The molecule has 2 fully saturated rings. The van der Waals surface area contributed by atoms with E-state index in [1.807, 2.05) is 0 Å². The van der Waals surface area contributed by atoms with Crippen molar-refractivity contribution in [2.24, 2.45) is 0 Å². The Labute approximate surface area is 132 Å². The number of hydrogen-bond acceptors (Lipinski definition) is 3. The van der Waals surface area contributed by atoms with Crippen LogP contribution < -0.4 is 4.90 Å². The average Bonchev–Trinajstić information content (AvgIpc) is 3.02. The van der Waals surface area contributed by atoms with E-state index in [0.29, 0.717) is 13.1 Å². The lowest BCUT2D eigenvalue weighted by Crippen LogP contribution is -2.47. The number of piperazine rings is 1. The molecule has 0 unspecified atom stereocenters. The third-order valence-electron chi connectivity index (χ3n) is 4.72. The first-order valence-electron chi connectivity index (χ1n) is 8.18. The third-order valence-corrected chi connectivity index (χ3v) is 4.72. The second-order valence-corrected chi connectivity index (χ2v) is 6.37. The second-order valence-electron chi connectivity index (χ2n) is 6.37. The molecule has 5 nitrogen and oxygen atoms in total. The highest BCUT2D eigenvalue weighted by atomic mass is 16.4. The van der Waals surface area contributed by atoms with E-state index in [2.05, 4.69) is 34.9 Å². The molecule has 0 bridgehead atoms. The molecule has 1 aromatic carbocycles. The molecule has 2 saturated heterocycles. The Balaban J connectivity index is 1.69. The molecule has 0 aliphatic carbocycles. The minimum Gasteiger partial charge on any atom is -0.465 e. The highest BCUT2D eigenvalue weighted by Crippen LogP contribution is 2.27. The monoisotopic (exact) mass is 303 g/mol. The second kappa shape index (κ2) is 6.57. The van der Waals surface area contributed by atoms with E-state index < -0.39 is 6.09 Å². The molecule has 120 valence electrons. The van der Waals surface area contributed by atoms with E-state index in [1.54, 1.807) is 0 Å². The Kier molecular flexibility index (Phi) is 4.52. The van der Waals surface area contributed by atoms with Gasteiger partial charge in [-0.05, 0) is 31.4 Å². The van der Waals surface area contributed by atoms with Crippen LogP contribution in [0.3, 0.4) is 0 Å². The van der Waals surface area contributed by atoms with Gasteiger partial charge in [-0.25, -0.2) is 4.79 Å². The van der Waals surface area contributed by atoms with Crippen LogP contribution in [0.4, 0.5) is 10.5 Å². The molecule has 3 rings (SSSR count). The zero-order chi connectivity index (χ0) is 15.5. The van der Waals surface area contributed by atoms with Crippen molar-refractivity contribution in [3.05, 3.63) is 29.3 Å². The summed E-state index contributed by atoms with van der Waals surface area (Å²) in [5.41, 5.74) is 4.04. The van der Waals surface area contributed by atoms with Crippen LogP contribution in [0.25, 0.3) is 0 Å². The van der Waals surface area contributed by atoms with Gasteiger partial charge in [0.05, 0.1) is 0 Å². The molecule has 0 saturated carbocycles. The lowest BCUT2D eigenvalue weighted by Gasteiger charge is -2.34. The maximum absolute atomic E-state index is 11.0. The van der Waals surface area contributed by atoms with Gasteiger partial charge in [-0.1, -0.05) is 17.7 Å². The van der Waals surface area contributed by atoms with Crippen molar-refractivity contribution < 1.29 is 9.90 Å². The zero-order valence-electron chi connectivity index (χ0n) is 13.3. The smallest absolute Gasteiger partial charge is 0.407 e. The Hall–Kier alpha value is -1.75. The number of nitrogens with zero attached hydrogens (tertiary/aromatic N) is 3. The number of hydrogen-bond donors (Lipinski definition) is 1. The first kappa shape index (κ1) is 15.2. The molecular weight excluding hydrogens is 278 g/mol. The minimum atomic E-state index is -0.798. The Bertz CT molecular complexity index is 533. The highest BCUT2D eigenvalue weighted by molar-refractivity contribution is 5.65. The van der Waals surface area contributed by atoms with Crippen molar-refractivity contribution in [3.63, 3.8) is 0 Å². The molecule has 1 amide bonds. The molecule has 0 atom stereocenters. The molecule has 5 heteroatoms. The van der Waals surface area contributed by atoms with Gasteiger partial charge < -0.3 is 14.9 Å². The largest absolute Gasteiger partial charge is 0.465 e. The summed E-state index contributed by atoms with van der Waals surface area (Å²) in [6, 6.07) is 6.74. The van der Waals surface area contributed by atoms with Crippen LogP contribution in [-0.2, 0) is 6.54 Å². The molecule has 2 aliphatic heterocycles. The van der Waals surface area contributed by atoms with Crippen molar-refractivity contribution in [1.29, 1.82) is 0 Å². The predicted molar refractivity (Wildman–Crippen MR) is 87.5 cm³/mol. The number of aryl methyl sites for hydroxylation is 1. The lowest BCUT2D eigenvalue weighted by molar-refractivity contribution is 0.103. The Morgan fingerprint density at radius 3 is 2.41 bits per heavy atom. The van der Waals surface area contributed by atoms with Crippen LogP contribution in [0, 0.1) is 6.92 Å². The summed E-state index contributed by atoms with van der Waals surface area (Å²) in [5.74, 6) is 0. The Morgan fingerprint density at radius 1 is 1.09 bits per heavy atom. The third kappa shape index (κ3) is 3.35. The van der Waals surface area contributed by atoms with Crippen molar-refractivity contribution in [2.45, 2.75) is 26.3 Å². The molecule has 2 heterocycles. The van der Waals surface area contributed by atoms with Gasteiger partial charge in [0.2, 0.25) is 0 Å². The van der Waals surface area contributed by atoms with Crippen molar-refractivity contribution >= 4 is 11.8 Å². The summed E-state index contributed by atoms with van der Waals surface area (Å²) < 4.78 is 0. The lowest BCUT2D eigenvalue weighted by atomic mass is 10.1. The van der Waals surface area contributed by atoms with Crippen LogP contribution >= 0.6 is 0 Å². The normalized spacial score (nSPS) is 19.7. The number of rotatable bonds is 3. The summed E-state index contributed by atoms with van der Waals surface area (Å²) >= 11 is 0. The van der Waals surface area contributed by atoms with Crippen molar-refractivity contribution in [2.75, 3.05) is 44.2 Å². The molecule has 0 spiro atoms. The van der Waals surface area contributed by atoms with Crippen LogP contribution in [0.5, 0.6) is 0 Å². The predicted octanol–water partition coefficient (Wildman–Crippen LogP) is 2.39. The van der Waals surface area contributed by atoms with E-state index in [0.717, 1.165) is 32.7 Å². The summed E-state index contributed by atoms with van der Waals surface area (Å²) in [4.78, 5) is 17.4. The summed E-state index contributed by atoms with van der Waals surface area (Å²) in [6.07, 6.45) is 1.77. The van der Waals surface area contributed by atoms with E-state index in [1.165, 1.54) is 34.6 Å². The first-order valence-corrected chi connectivity index (χ1v) is 8.18. The van der Waals surface area contributed by atoms with Crippen molar-refractivity contribution in [1.82, 2.24) is 9.80 Å². The standard InChI is InChI=1S/C17H25N3O2/c1-14-4-5-16(19-6-2-3-7-19)15(12-14)13-18-8-10-20(11-9-18)17(21)22/h4-5,12H,2-3,6-11,13H2,1H3,(H,21,22). The number of benzene rings is 1. The average molecular weight is 303 g/mol. The molecule has 1 aromatic rings. The van der Waals surface area contributed by atoms with Gasteiger partial charge in [-0.15, -0.1) is 0 Å². The highest BCUT2D eigenvalue weighted by Gasteiger charge is 2.22. The van der Waals surface area contributed by atoms with Gasteiger partial charge in [0.25, 0.3) is 0 Å². The fraction of sp³-hybridized carbons (Fsp3) is 0.588. The number of amides is 1. The van der Waals surface area contributed by atoms with Crippen LogP contribution in [0.2, 0.25) is 0 Å². The quantitative estimate of drug-likeness (QED) is 0.931. The molecular formula is C17H25N3O2. The van der Waals surface area contributed by atoms with Crippen molar-refractivity contribution in [3.8, 4) is 0 Å². The van der Waals surface area contributed by atoms with Gasteiger partial charge in [-0.3, -0.25) is 4.90 Å². The molecule has 0 aromatic heterocycles. The van der Waals surface area contributed by atoms with Gasteiger partial charge >= 0.3 is 6.09 Å². The maximum atomic E-state index is 11.0. The van der Waals surface area contributed by atoms with Crippen LogP contribution in [0.1, 0.15) is 24.0 Å². The van der Waals surface area contributed by atoms with E-state index in [4.69, 9.17) is 5.11 Å². The number of carbonyl (C=O) groups is 1. The van der Waals surface area contributed by atoms with Gasteiger partial charge in [0.15, 0.2) is 0 Å². The van der Waals surface area contributed by atoms with Gasteiger partial charge in [0, 0.05) is 51.5 Å². The molecule has 0 radical (unpaired) electrons. The SMILES string of the molecule is Cc1ccc(N2CCCC2)c(CN2CCN(C(=O)O)CC2)c1. The fourth-order valence-electron chi connectivity index (χ4n) is 3.45. The topological polar surface area (TPSA) is 47.0 Å². The summed E-state index contributed by atoms with van der Waals surface area (Å²) in [7, 11) is 0. The van der Waals surface area contributed by atoms with E-state index in [-0.39, 0.29) is 0 Å². The summed E-state index contributed by atoms with van der Waals surface area (Å²) in [5, 5.41) is 9.04. The van der Waals surface area contributed by atoms with E-state index >= 15 is 0 Å². The maximum Gasteiger partial charge on any atom is 0.407 e. The first-order chi connectivity index (χ1) is 10.6. The van der Waals surface area contributed by atoms with Gasteiger partial charge in [-0.2, -0.15) is 0 Å². The van der Waals surface area contributed by atoms with Gasteiger partial charge in [0.1, 0.15) is 0 Å². The minimum absolute atomic E-state index is 0.611. The Morgan fingerprint density at radius 2 is 1.77 bits per heavy atom.